The Kier molecular flexibility index (Phi) is 6.05. The van der Waals surface area contributed by atoms with E-state index in [1.54, 1.807) is 18.5 Å². The number of esters is 1. The monoisotopic (exact) mass is 469 g/mol. The number of carbonyl (C=O) groups is 1. The van der Waals surface area contributed by atoms with Crippen LogP contribution in [0, 0.1) is 0 Å². The number of para-hydroxylation sites is 1. The SMILES string of the molecule is COC(=O)c1ccccc1-n1cccc1[C@@H]1[C@@H](c2ccccn2)NC(=S)N1Cc1ccccn1. The molecule has 1 fully saturated rings. The highest BCUT2D eigenvalue weighted by atomic mass is 32.1. The first-order chi connectivity index (χ1) is 16.7. The van der Waals surface area contributed by atoms with Gasteiger partial charge in [-0.25, -0.2) is 4.79 Å². The summed E-state index contributed by atoms with van der Waals surface area (Å²) in [6.07, 6.45) is 5.51. The molecule has 1 N–H and O–H groups in total. The lowest BCUT2D eigenvalue weighted by atomic mass is 10.0. The number of carbonyl (C=O) groups excluding carboxylic acids is 1. The Labute approximate surface area is 203 Å². The lowest BCUT2D eigenvalue weighted by Gasteiger charge is -2.29. The highest BCUT2D eigenvalue weighted by molar-refractivity contribution is 7.80. The smallest absolute Gasteiger partial charge is 0.339 e. The first-order valence-electron chi connectivity index (χ1n) is 10.9. The summed E-state index contributed by atoms with van der Waals surface area (Å²) in [6.45, 7) is 0.532. The fourth-order valence-electron chi connectivity index (χ4n) is 4.38. The van der Waals surface area contributed by atoms with Crippen molar-refractivity contribution in [1.29, 1.82) is 0 Å². The van der Waals surface area contributed by atoms with Gasteiger partial charge in [-0.1, -0.05) is 24.3 Å². The first-order valence-corrected chi connectivity index (χ1v) is 11.3. The molecule has 3 aromatic heterocycles. The third-order valence-corrected chi connectivity index (χ3v) is 6.26. The van der Waals surface area contributed by atoms with Crippen LogP contribution in [0.2, 0.25) is 0 Å². The molecule has 7 nitrogen and oxygen atoms in total. The van der Waals surface area contributed by atoms with Gasteiger partial charge in [-0.15, -0.1) is 0 Å². The van der Waals surface area contributed by atoms with E-state index in [4.69, 9.17) is 17.0 Å². The number of ether oxygens (including phenoxy) is 1. The molecule has 170 valence electrons. The Morgan fingerprint density at radius 3 is 2.50 bits per heavy atom. The molecule has 1 aromatic carbocycles. The quantitative estimate of drug-likeness (QED) is 0.335. The van der Waals surface area contributed by atoms with Crippen molar-refractivity contribution in [2.24, 2.45) is 0 Å². The Bertz CT molecular complexity index is 1310. The summed E-state index contributed by atoms with van der Waals surface area (Å²) in [6, 6.07) is 22.8. The molecule has 1 aliphatic rings. The van der Waals surface area contributed by atoms with Crippen LogP contribution in [0.25, 0.3) is 5.69 Å². The highest BCUT2D eigenvalue weighted by Crippen LogP contribution is 2.40. The number of rotatable bonds is 6. The van der Waals surface area contributed by atoms with Crippen molar-refractivity contribution in [1.82, 2.24) is 24.8 Å². The average Bonchev–Trinajstić information content (AvgIpc) is 3.49. The zero-order valence-electron chi connectivity index (χ0n) is 18.5. The molecule has 0 spiro atoms. The maximum atomic E-state index is 12.5. The zero-order valence-corrected chi connectivity index (χ0v) is 19.4. The molecule has 0 amide bonds. The second-order valence-electron chi connectivity index (χ2n) is 7.89. The van der Waals surface area contributed by atoms with Gasteiger partial charge in [-0.05, 0) is 60.7 Å². The van der Waals surface area contributed by atoms with Crippen LogP contribution in [0.15, 0.2) is 91.4 Å². The number of benzene rings is 1. The van der Waals surface area contributed by atoms with Gasteiger partial charge in [0.2, 0.25) is 0 Å². The molecule has 1 saturated heterocycles. The van der Waals surface area contributed by atoms with Crippen LogP contribution in [0.4, 0.5) is 0 Å². The highest BCUT2D eigenvalue weighted by Gasteiger charge is 2.41. The van der Waals surface area contributed by atoms with E-state index in [0.29, 0.717) is 17.2 Å². The lowest BCUT2D eigenvalue weighted by Crippen LogP contribution is -2.30. The minimum Gasteiger partial charge on any atom is -0.465 e. The van der Waals surface area contributed by atoms with Crippen LogP contribution < -0.4 is 5.32 Å². The molecule has 4 heterocycles. The van der Waals surface area contributed by atoms with Crippen molar-refractivity contribution in [3.05, 3.63) is 114 Å². The predicted molar refractivity (Wildman–Crippen MR) is 132 cm³/mol. The van der Waals surface area contributed by atoms with E-state index in [1.807, 2.05) is 71.4 Å². The van der Waals surface area contributed by atoms with Gasteiger partial charge >= 0.3 is 5.97 Å². The van der Waals surface area contributed by atoms with E-state index < -0.39 is 0 Å². The largest absolute Gasteiger partial charge is 0.465 e. The van der Waals surface area contributed by atoms with E-state index in [1.165, 1.54) is 7.11 Å². The van der Waals surface area contributed by atoms with Crippen molar-refractivity contribution < 1.29 is 9.53 Å². The zero-order chi connectivity index (χ0) is 23.5. The predicted octanol–water partition coefficient (Wildman–Crippen LogP) is 4.23. The van der Waals surface area contributed by atoms with Gasteiger partial charge in [0, 0.05) is 24.3 Å². The molecule has 5 rings (SSSR count). The summed E-state index contributed by atoms with van der Waals surface area (Å²) in [5, 5.41) is 4.09. The maximum Gasteiger partial charge on any atom is 0.339 e. The molecular formula is C26H23N5O2S. The lowest BCUT2D eigenvalue weighted by molar-refractivity contribution is 0.0600. The number of thiocarbonyl (C=S) groups is 1. The summed E-state index contributed by atoms with van der Waals surface area (Å²) < 4.78 is 7.06. The molecule has 2 atom stereocenters. The van der Waals surface area contributed by atoms with Crippen LogP contribution in [0.1, 0.15) is 39.5 Å². The summed E-state index contributed by atoms with van der Waals surface area (Å²) in [4.78, 5) is 23.8. The Morgan fingerprint density at radius 2 is 1.76 bits per heavy atom. The summed E-state index contributed by atoms with van der Waals surface area (Å²) in [5.41, 5.74) is 3.99. The first kappa shape index (κ1) is 21.8. The summed E-state index contributed by atoms with van der Waals surface area (Å²) in [7, 11) is 1.39. The van der Waals surface area contributed by atoms with Gasteiger partial charge in [0.25, 0.3) is 0 Å². The van der Waals surface area contributed by atoms with Crippen LogP contribution in [-0.4, -0.2) is 37.6 Å². The van der Waals surface area contributed by atoms with E-state index in [2.05, 4.69) is 26.3 Å². The second kappa shape index (κ2) is 9.44. The van der Waals surface area contributed by atoms with Crippen LogP contribution in [-0.2, 0) is 11.3 Å². The average molecular weight is 470 g/mol. The Balaban J connectivity index is 1.63. The van der Waals surface area contributed by atoms with E-state index in [-0.39, 0.29) is 18.1 Å². The number of pyridine rings is 2. The van der Waals surface area contributed by atoms with E-state index >= 15 is 0 Å². The van der Waals surface area contributed by atoms with E-state index in [0.717, 1.165) is 22.8 Å². The topological polar surface area (TPSA) is 72.3 Å². The summed E-state index contributed by atoms with van der Waals surface area (Å²) >= 11 is 5.79. The molecule has 8 heteroatoms. The van der Waals surface area contributed by atoms with Gasteiger partial charge in [0.1, 0.15) is 0 Å². The maximum absolute atomic E-state index is 12.5. The Hall–Kier alpha value is -4.04. The van der Waals surface area contributed by atoms with Crippen LogP contribution >= 0.6 is 12.2 Å². The number of hydrogen-bond acceptors (Lipinski definition) is 5. The van der Waals surface area contributed by atoms with E-state index in [9.17, 15) is 4.79 Å². The molecule has 0 aliphatic carbocycles. The van der Waals surface area contributed by atoms with Gasteiger partial charge in [-0.3, -0.25) is 9.97 Å². The van der Waals surface area contributed by atoms with Crippen molar-refractivity contribution in [2.45, 2.75) is 18.6 Å². The number of aromatic nitrogens is 3. The Morgan fingerprint density at radius 1 is 1.00 bits per heavy atom. The number of hydrogen-bond donors (Lipinski definition) is 1. The van der Waals surface area contributed by atoms with Gasteiger partial charge in [-0.2, -0.15) is 0 Å². The minimum absolute atomic E-state index is 0.184. The standard InChI is InChI=1S/C26H23N5O2S/c1-33-25(32)19-10-2-3-12-21(19)30-16-8-13-22(30)24-23(20-11-5-7-15-28-20)29-26(34)31(24)17-18-9-4-6-14-27-18/h2-16,23-24H,17H2,1H3,(H,29,34)/t23-,24-/m1/s1. The second-order valence-corrected chi connectivity index (χ2v) is 8.27. The fraction of sp³-hybridized carbons (Fsp3) is 0.154. The fourth-order valence-corrected chi connectivity index (χ4v) is 4.69. The van der Waals surface area contributed by atoms with Crippen molar-refractivity contribution in [3.8, 4) is 5.69 Å². The molecule has 0 radical (unpaired) electrons. The third kappa shape index (κ3) is 4.04. The number of nitrogens with zero attached hydrogens (tertiary/aromatic N) is 4. The number of nitrogens with one attached hydrogen (secondary N) is 1. The van der Waals surface area contributed by atoms with Crippen LogP contribution in [0.3, 0.4) is 0 Å². The van der Waals surface area contributed by atoms with Gasteiger partial charge in [0.05, 0.1) is 48.4 Å². The normalized spacial score (nSPS) is 17.4. The molecule has 1 aliphatic heterocycles. The van der Waals surface area contributed by atoms with Crippen molar-refractivity contribution in [2.75, 3.05) is 7.11 Å². The summed E-state index contributed by atoms with van der Waals surface area (Å²) in [5.74, 6) is -0.387. The minimum atomic E-state index is -0.387. The van der Waals surface area contributed by atoms with Gasteiger partial charge in [0.15, 0.2) is 5.11 Å². The third-order valence-electron chi connectivity index (χ3n) is 5.91. The number of methoxy groups -OCH3 is 1. The molecule has 0 unspecified atom stereocenters. The van der Waals surface area contributed by atoms with Crippen LogP contribution in [0.5, 0.6) is 0 Å². The van der Waals surface area contributed by atoms with Gasteiger partial charge < -0.3 is 19.5 Å². The molecule has 34 heavy (non-hydrogen) atoms. The molecule has 0 bridgehead atoms. The molecule has 0 saturated carbocycles. The van der Waals surface area contributed by atoms with Crippen molar-refractivity contribution in [3.63, 3.8) is 0 Å². The van der Waals surface area contributed by atoms with Crippen molar-refractivity contribution >= 4 is 23.3 Å². The molecule has 4 aromatic rings. The molecular weight excluding hydrogens is 446 g/mol.